The normalized spacial score (nSPS) is 17.5. The zero-order valence-corrected chi connectivity index (χ0v) is 10.4. The van der Waals surface area contributed by atoms with E-state index < -0.39 is 12.2 Å². The molecular formula is C13H16F2N2O2. The molecule has 1 saturated carbocycles. The van der Waals surface area contributed by atoms with E-state index in [-0.39, 0.29) is 17.3 Å². The Labute approximate surface area is 109 Å². The van der Waals surface area contributed by atoms with Gasteiger partial charge in [-0.3, -0.25) is 4.79 Å². The lowest BCUT2D eigenvalue weighted by Gasteiger charge is -2.23. The van der Waals surface area contributed by atoms with Gasteiger partial charge in [0.15, 0.2) is 0 Å². The first-order chi connectivity index (χ1) is 9.01. The number of para-hydroxylation sites is 2. The van der Waals surface area contributed by atoms with Crippen molar-refractivity contribution in [2.24, 2.45) is 5.73 Å². The lowest BCUT2D eigenvalue weighted by atomic mass is 9.98. The zero-order valence-electron chi connectivity index (χ0n) is 10.4. The Kier molecular flexibility index (Phi) is 3.99. The molecule has 0 bridgehead atoms. The van der Waals surface area contributed by atoms with Crippen molar-refractivity contribution in [2.75, 3.05) is 5.32 Å². The summed E-state index contributed by atoms with van der Waals surface area (Å²) in [5.41, 5.74) is 5.31. The molecular weight excluding hydrogens is 254 g/mol. The van der Waals surface area contributed by atoms with Gasteiger partial charge in [-0.25, -0.2) is 0 Å². The summed E-state index contributed by atoms with van der Waals surface area (Å²) < 4.78 is 28.9. The predicted octanol–water partition coefficient (Wildman–Crippen LogP) is 2.50. The first-order valence-electron chi connectivity index (χ1n) is 6.15. The van der Waals surface area contributed by atoms with Crippen LogP contribution < -0.4 is 15.8 Å². The minimum absolute atomic E-state index is 0.0625. The van der Waals surface area contributed by atoms with Crippen molar-refractivity contribution in [3.8, 4) is 5.75 Å². The number of alkyl halides is 2. The number of amides is 1. The lowest BCUT2D eigenvalue weighted by Crippen LogP contribution is -2.48. The van der Waals surface area contributed by atoms with Crippen LogP contribution in [-0.4, -0.2) is 18.1 Å². The molecule has 1 aromatic rings. The van der Waals surface area contributed by atoms with E-state index in [4.69, 9.17) is 5.73 Å². The van der Waals surface area contributed by atoms with Crippen LogP contribution in [0.3, 0.4) is 0 Å². The minimum atomic E-state index is -2.93. The fourth-order valence-corrected chi connectivity index (χ4v) is 2.25. The second-order valence-electron chi connectivity index (χ2n) is 4.69. The number of ether oxygens (including phenoxy) is 1. The second-order valence-corrected chi connectivity index (χ2v) is 4.69. The number of carbonyl (C=O) groups excluding carboxylic acids is 1. The maximum absolute atomic E-state index is 12.3. The van der Waals surface area contributed by atoms with Crippen molar-refractivity contribution in [3.63, 3.8) is 0 Å². The molecule has 0 aromatic heterocycles. The lowest BCUT2D eigenvalue weighted by molar-refractivity contribution is -0.121. The molecule has 0 radical (unpaired) electrons. The molecule has 2 rings (SSSR count). The van der Waals surface area contributed by atoms with Crippen LogP contribution in [-0.2, 0) is 4.79 Å². The molecule has 0 unspecified atom stereocenters. The summed E-state index contributed by atoms with van der Waals surface area (Å²) in [5, 5.41) is 2.58. The van der Waals surface area contributed by atoms with Gasteiger partial charge in [0.1, 0.15) is 5.75 Å². The number of anilines is 1. The topological polar surface area (TPSA) is 64.4 Å². The van der Waals surface area contributed by atoms with E-state index in [1.54, 1.807) is 12.1 Å². The highest BCUT2D eigenvalue weighted by atomic mass is 19.3. The third-order valence-corrected chi connectivity index (χ3v) is 3.30. The molecule has 4 nitrogen and oxygen atoms in total. The van der Waals surface area contributed by atoms with Crippen molar-refractivity contribution in [3.05, 3.63) is 24.3 Å². The van der Waals surface area contributed by atoms with Gasteiger partial charge in [-0.15, -0.1) is 0 Å². The Balaban J connectivity index is 2.12. The monoisotopic (exact) mass is 270 g/mol. The Hall–Kier alpha value is -1.69. The molecule has 1 aliphatic carbocycles. The summed E-state index contributed by atoms with van der Waals surface area (Å²) in [6.45, 7) is -2.93. The van der Waals surface area contributed by atoms with Crippen molar-refractivity contribution >= 4 is 11.6 Å². The summed E-state index contributed by atoms with van der Waals surface area (Å²) in [6.07, 6.45) is 3.02. The van der Waals surface area contributed by atoms with Crippen LogP contribution in [0.15, 0.2) is 24.3 Å². The average molecular weight is 270 g/mol. The fraction of sp³-hybridized carbons (Fsp3) is 0.462. The molecule has 104 valence electrons. The van der Waals surface area contributed by atoms with Gasteiger partial charge in [-0.1, -0.05) is 25.0 Å². The third kappa shape index (κ3) is 3.20. The predicted molar refractivity (Wildman–Crippen MR) is 67.1 cm³/mol. The molecule has 0 aliphatic heterocycles. The maximum atomic E-state index is 12.3. The number of hydrogen-bond donors (Lipinski definition) is 2. The van der Waals surface area contributed by atoms with E-state index in [0.29, 0.717) is 12.8 Å². The third-order valence-electron chi connectivity index (χ3n) is 3.30. The Bertz CT molecular complexity index is 460. The molecule has 1 amide bonds. The largest absolute Gasteiger partial charge is 0.433 e. The Morgan fingerprint density at radius 3 is 2.58 bits per heavy atom. The number of halogens is 2. The maximum Gasteiger partial charge on any atom is 0.387 e. The highest BCUT2D eigenvalue weighted by molar-refractivity contribution is 5.99. The molecule has 6 heteroatoms. The summed E-state index contributed by atoms with van der Waals surface area (Å²) in [5.74, 6) is -0.414. The van der Waals surface area contributed by atoms with Crippen molar-refractivity contribution < 1.29 is 18.3 Å². The molecule has 1 fully saturated rings. The standard InChI is InChI=1S/C13H16F2N2O2/c14-12(15)19-10-6-2-1-5-9(10)17-11(18)13(16)7-3-4-8-13/h1-2,5-6,12H,3-4,7-8,16H2,(H,17,18). The molecule has 1 aromatic carbocycles. The van der Waals surface area contributed by atoms with Gasteiger partial charge in [-0.05, 0) is 25.0 Å². The highest BCUT2D eigenvalue weighted by Gasteiger charge is 2.37. The van der Waals surface area contributed by atoms with Gasteiger partial charge < -0.3 is 15.8 Å². The summed E-state index contributed by atoms with van der Waals surface area (Å²) in [7, 11) is 0. The number of hydrogen-bond acceptors (Lipinski definition) is 3. The SMILES string of the molecule is NC1(C(=O)Nc2ccccc2OC(F)F)CCCC1. The molecule has 1 aliphatic rings. The zero-order chi connectivity index (χ0) is 13.9. The van der Waals surface area contributed by atoms with Gasteiger partial charge in [0.2, 0.25) is 5.91 Å². The number of benzene rings is 1. The Morgan fingerprint density at radius 1 is 1.32 bits per heavy atom. The molecule has 0 spiro atoms. The van der Waals surface area contributed by atoms with E-state index in [1.807, 2.05) is 0 Å². The van der Waals surface area contributed by atoms with Gasteiger partial charge >= 0.3 is 6.61 Å². The van der Waals surface area contributed by atoms with Gasteiger partial charge in [0.05, 0.1) is 11.2 Å². The van der Waals surface area contributed by atoms with Crippen molar-refractivity contribution in [1.82, 2.24) is 0 Å². The minimum Gasteiger partial charge on any atom is -0.433 e. The Morgan fingerprint density at radius 2 is 1.95 bits per heavy atom. The van der Waals surface area contributed by atoms with E-state index in [1.165, 1.54) is 12.1 Å². The van der Waals surface area contributed by atoms with Crippen LogP contribution >= 0.6 is 0 Å². The summed E-state index contributed by atoms with van der Waals surface area (Å²) >= 11 is 0. The fourth-order valence-electron chi connectivity index (χ4n) is 2.25. The first-order valence-corrected chi connectivity index (χ1v) is 6.15. The first kappa shape index (κ1) is 13.7. The van der Waals surface area contributed by atoms with Crippen LogP contribution in [0.1, 0.15) is 25.7 Å². The van der Waals surface area contributed by atoms with E-state index in [9.17, 15) is 13.6 Å². The van der Waals surface area contributed by atoms with Gasteiger partial charge in [-0.2, -0.15) is 8.78 Å². The molecule has 0 heterocycles. The van der Waals surface area contributed by atoms with E-state index in [0.717, 1.165) is 12.8 Å². The van der Waals surface area contributed by atoms with Gasteiger partial charge in [0, 0.05) is 0 Å². The van der Waals surface area contributed by atoms with Crippen LogP contribution in [0, 0.1) is 0 Å². The number of nitrogens with two attached hydrogens (primary N) is 1. The molecule has 19 heavy (non-hydrogen) atoms. The molecule has 3 N–H and O–H groups in total. The van der Waals surface area contributed by atoms with Crippen molar-refractivity contribution in [2.45, 2.75) is 37.8 Å². The van der Waals surface area contributed by atoms with E-state index in [2.05, 4.69) is 10.1 Å². The smallest absolute Gasteiger partial charge is 0.387 e. The summed E-state index contributed by atoms with van der Waals surface area (Å²) in [4.78, 5) is 12.1. The second kappa shape index (κ2) is 5.52. The number of nitrogens with one attached hydrogen (secondary N) is 1. The number of rotatable bonds is 4. The highest BCUT2D eigenvalue weighted by Crippen LogP contribution is 2.31. The van der Waals surface area contributed by atoms with Gasteiger partial charge in [0.25, 0.3) is 0 Å². The quantitative estimate of drug-likeness (QED) is 0.883. The van der Waals surface area contributed by atoms with Crippen LogP contribution in [0.25, 0.3) is 0 Å². The summed E-state index contributed by atoms with van der Waals surface area (Å²) in [6, 6.07) is 6.07. The van der Waals surface area contributed by atoms with E-state index >= 15 is 0 Å². The van der Waals surface area contributed by atoms with Crippen LogP contribution in [0.2, 0.25) is 0 Å². The average Bonchev–Trinajstić information content (AvgIpc) is 2.79. The molecule has 0 saturated heterocycles. The molecule has 0 atom stereocenters. The van der Waals surface area contributed by atoms with Crippen LogP contribution in [0.5, 0.6) is 5.75 Å². The van der Waals surface area contributed by atoms with Crippen LogP contribution in [0.4, 0.5) is 14.5 Å². The number of carbonyl (C=O) groups is 1. The van der Waals surface area contributed by atoms with Crippen molar-refractivity contribution in [1.29, 1.82) is 0 Å².